The zero-order chi connectivity index (χ0) is 25.9. The topological polar surface area (TPSA) is 71.1 Å². The lowest BCUT2D eigenvalue weighted by Crippen LogP contribution is -2.21. The van der Waals surface area contributed by atoms with E-state index in [4.69, 9.17) is 11.6 Å². The second kappa shape index (κ2) is 8.52. The molecule has 2 heterocycles. The Bertz CT molecular complexity index is 1580. The number of anilines is 1. The molecule has 36 heavy (non-hydrogen) atoms. The van der Waals surface area contributed by atoms with E-state index in [1.807, 2.05) is 0 Å². The van der Waals surface area contributed by atoms with Crippen LogP contribution < -0.4 is 10.6 Å². The van der Waals surface area contributed by atoms with Crippen LogP contribution in [-0.2, 0) is 6.18 Å². The summed E-state index contributed by atoms with van der Waals surface area (Å²) in [5.41, 5.74) is -0.952. The van der Waals surface area contributed by atoms with Gasteiger partial charge in [-0.3, -0.25) is 9.59 Å². The number of aryl methyl sites for hydroxylation is 1. The first-order valence-corrected chi connectivity index (χ1v) is 11.5. The normalized spacial score (nSPS) is 15.2. The third kappa shape index (κ3) is 4.18. The molecule has 2 N–H and O–H groups in total. The molecule has 184 valence electrons. The van der Waals surface area contributed by atoms with Crippen LogP contribution in [0.2, 0.25) is 5.02 Å². The molecule has 0 radical (unpaired) electrons. The van der Waals surface area contributed by atoms with Crippen molar-refractivity contribution >= 4 is 50.7 Å². The van der Waals surface area contributed by atoms with Gasteiger partial charge < -0.3 is 10.6 Å². The molecule has 0 spiro atoms. The highest BCUT2D eigenvalue weighted by atomic mass is 35.5. The Morgan fingerprint density at radius 2 is 1.86 bits per heavy atom. The summed E-state index contributed by atoms with van der Waals surface area (Å²) >= 11 is 7.51. The Kier molecular flexibility index (Phi) is 5.72. The van der Waals surface area contributed by atoms with Crippen LogP contribution in [0, 0.1) is 18.6 Å². The maximum atomic E-state index is 14.1. The molecule has 12 heteroatoms. The molecule has 5 rings (SSSR count). The summed E-state index contributed by atoms with van der Waals surface area (Å²) in [6.07, 6.45) is -4.87. The number of fused-ring (bicyclic) bond motifs is 3. The van der Waals surface area contributed by atoms with E-state index in [1.165, 1.54) is 23.5 Å². The predicted molar refractivity (Wildman–Crippen MR) is 124 cm³/mol. The molecule has 4 aromatic rings. The fraction of sp³-hybridized carbons (Fsp3) is 0.125. The minimum Gasteiger partial charge on any atom is -0.341 e. The molecule has 0 saturated heterocycles. The number of amides is 2. The van der Waals surface area contributed by atoms with Gasteiger partial charge in [0.2, 0.25) is 0 Å². The number of hydrogen-bond donors (Lipinski definition) is 2. The zero-order valence-electron chi connectivity index (χ0n) is 18.1. The molecule has 5 nitrogen and oxygen atoms in total. The highest BCUT2D eigenvalue weighted by Gasteiger charge is 2.37. The molecule has 2 amide bonds. The first-order chi connectivity index (χ1) is 16.9. The van der Waals surface area contributed by atoms with E-state index in [-0.39, 0.29) is 33.5 Å². The molecular weight excluding hydrogens is 525 g/mol. The molecule has 0 saturated carbocycles. The average molecular weight is 538 g/mol. The van der Waals surface area contributed by atoms with Crippen LogP contribution in [0.4, 0.5) is 27.6 Å². The van der Waals surface area contributed by atoms with Crippen molar-refractivity contribution in [3.05, 3.63) is 91.9 Å². The number of aromatic nitrogens is 1. The van der Waals surface area contributed by atoms with Gasteiger partial charge in [0.25, 0.3) is 11.8 Å². The Labute approximate surface area is 208 Å². The van der Waals surface area contributed by atoms with E-state index in [9.17, 15) is 31.5 Å². The average Bonchev–Trinajstić information content (AvgIpc) is 3.33. The number of carbonyl (C=O) groups is 2. The van der Waals surface area contributed by atoms with Gasteiger partial charge in [-0.1, -0.05) is 11.6 Å². The van der Waals surface area contributed by atoms with Crippen molar-refractivity contribution in [2.45, 2.75) is 19.1 Å². The minimum absolute atomic E-state index is 0.0626. The predicted octanol–water partition coefficient (Wildman–Crippen LogP) is 6.64. The van der Waals surface area contributed by atoms with Gasteiger partial charge in [-0.05, 0) is 49.4 Å². The molecule has 1 unspecified atom stereocenters. The number of thiazole rings is 1. The van der Waals surface area contributed by atoms with Gasteiger partial charge in [0.15, 0.2) is 0 Å². The molecule has 3 aromatic carbocycles. The monoisotopic (exact) mass is 537 g/mol. The van der Waals surface area contributed by atoms with Gasteiger partial charge >= 0.3 is 6.18 Å². The Balaban J connectivity index is 1.67. The van der Waals surface area contributed by atoms with E-state index < -0.39 is 46.8 Å². The quantitative estimate of drug-likeness (QED) is 0.288. The molecule has 0 aliphatic carbocycles. The number of nitrogens with one attached hydrogen (secondary N) is 2. The fourth-order valence-corrected chi connectivity index (χ4v) is 5.25. The molecule has 0 fully saturated rings. The summed E-state index contributed by atoms with van der Waals surface area (Å²) < 4.78 is 68.0. The van der Waals surface area contributed by atoms with Gasteiger partial charge in [-0.15, -0.1) is 11.3 Å². The number of rotatable bonds is 3. The maximum absolute atomic E-state index is 14.1. The summed E-state index contributed by atoms with van der Waals surface area (Å²) in [4.78, 5) is 30.4. The van der Waals surface area contributed by atoms with Gasteiger partial charge in [0.05, 0.1) is 32.4 Å². The second-order valence-electron chi connectivity index (χ2n) is 8.05. The Hall–Kier alpha value is -3.57. The van der Waals surface area contributed by atoms with Crippen LogP contribution >= 0.6 is 22.9 Å². The van der Waals surface area contributed by atoms with Crippen molar-refractivity contribution in [2.24, 2.45) is 0 Å². The summed E-state index contributed by atoms with van der Waals surface area (Å²) in [5.74, 6) is -3.44. The SMILES string of the molecule is Cc1nc2c3c(c(NC(=O)c4cc(F)cc(C(F)(F)F)c4)cc2s1)C(c1cc(F)ccc1Cl)NC3=O. The standard InChI is InChI=1S/C24H13ClF5N3O2S/c1-9-31-21-17(36-9)8-16(32-22(34)10-4-11(24(28,29)30)6-13(27)5-10)18-19(21)23(35)33-20(18)14-7-12(26)2-3-15(14)25/h2-8,20H,1H3,(H,32,34)(H,33,35). The van der Waals surface area contributed by atoms with Gasteiger partial charge in [0, 0.05) is 27.4 Å². The molecule has 1 atom stereocenters. The Morgan fingerprint density at radius 3 is 2.58 bits per heavy atom. The van der Waals surface area contributed by atoms with E-state index >= 15 is 0 Å². The third-order valence-electron chi connectivity index (χ3n) is 5.63. The number of alkyl halides is 3. The van der Waals surface area contributed by atoms with Crippen LogP contribution in [0.5, 0.6) is 0 Å². The van der Waals surface area contributed by atoms with E-state index in [1.54, 1.807) is 6.92 Å². The van der Waals surface area contributed by atoms with Crippen molar-refractivity contribution in [3.8, 4) is 0 Å². The van der Waals surface area contributed by atoms with E-state index in [0.717, 1.165) is 12.1 Å². The largest absolute Gasteiger partial charge is 0.416 e. The van der Waals surface area contributed by atoms with Crippen molar-refractivity contribution in [3.63, 3.8) is 0 Å². The molecule has 1 aromatic heterocycles. The van der Waals surface area contributed by atoms with Crippen LogP contribution in [0.25, 0.3) is 10.2 Å². The number of nitrogens with zero attached hydrogens (tertiary/aromatic N) is 1. The highest BCUT2D eigenvalue weighted by Crippen LogP contribution is 2.44. The second-order valence-corrected chi connectivity index (χ2v) is 9.69. The summed E-state index contributed by atoms with van der Waals surface area (Å²) in [6, 6.07) is 5.59. The van der Waals surface area contributed by atoms with Crippen molar-refractivity contribution in [1.29, 1.82) is 0 Å². The molecule has 1 aliphatic heterocycles. The summed E-state index contributed by atoms with van der Waals surface area (Å²) in [5, 5.41) is 5.97. The smallest absolute Gasteiger partial charge is 0.341 e. The summed E-state index contributed by atoms with van der Waals surface area (Å²) in [7, 11) is 0. The first-order valence-electron chi connectivity index (χ1n) is 10.3. The molecular formula is C24H13ClF5N3O2S. The lowest BCUT2D eigenvalue weighted by Gasteiger charge is -2.18. The van der Waals surface area contributed by atoms with Crippen LogP contribution in [0.15, 0.2) is 42.5 Å². The van der Waals surface area contributed by atoms with Crippen LogP contribution in [0.3, 0.4) is 0 Å². The van der Waals surface area contributed by atoms with Gasteiger partial charge in [-0.25, -0.2) is 13.8 Å². The van der Waals surface area contributed by atoms with Crippen LogP contribution in [-0.4, -0.2) is 16.8 Å². The lowest BCUT2D eigenvalue weighted by molar-refractivity contribution is -0.137. The van der Waals surface area contributed by atoms with Crippen molar-refractivity contribution < 1.29 is 31.5 Å². The lowest BCUT2D eigenvalue weighted by atomic mass is 9.95. The van der Waals surface area contributed by atoms with Crippen LogP contribution in [0.1, 0.15) is 48.5 Å². The highest BCUT2D eigenvalue weighted by molar-refractivity contribution is 7.18. The van der Waals surface area contributed by atoms with Crippen molar-refractivity contribution in [1.82, 2.24) is 10.3 Å². The maximum Gasteiger partial charge on any atom is 0.416 e. The number of halogens is 6. The fourth-order valence-electron chi connectivity index (χ4n) is 4.15. The van der Waals surface area contributed by atoms with Gasteiger partial charge in [0.1, 0.15) is 11.6 Å². The van der Waals surface area contributed by atoms with Crippen molar-refractivity contribution in [2.75, 3.05) is 5.32 Å². The number of carbonyl (C=O) groups excluding carboxylic acids is 2. The molecule has 0 bridgehead atoms. The number of benzene rings is 3. The summed E-state index contributed by atoms with van der Waals surface area (Å²) in [6.45, 7) is 1.72. The van der Waals surface area contributed by atoms with E-state index in [0.29, 0.717) is 27.4 Å². The van der Waals surface area contributed by atoms with E-state index in [2.05, 4.69) is 15.6 Å². The minimum atomic E-state index is -4.87. The molecule has 1 aliphatic rings. The van der Waals surface area contributed by atoms with Gasteiger partial charge in [-0.2, -0.15) is 13.2 Å². The Morgan fingerprint density at radius 1 is 1.11 bits per heavy atom. The first kappa shape index (κ1) is 24.1. The number of hydrogen-bond acceptors (Lipinski definition) is 4. The third-order valence-corrected chi connectivity index (χ3v) is 6.89. The zero-order valence-corrected chi connectivity index (χ0v) is 19.6.